The van der Waals surface area contributed by atoms with Gasteiger partial charge in [-0.25, -0.2) is 9.78 Å². The summed E-state index contributed by atoms with van der Waals surface area (Å²) in [4.78, 5) is 19.0. The Morgan fingerprint density at radius 2 is 1.81 bits per heavy atom. The summed E-state index contributed by atoms with van der Waals surface area (Å²) in [6.45, 7) is 4.60. The van der Waals surface area contributed by atoms with Crippen LogP contribution in [0.25, 0.3) is 11.3 Å². The highest BCUT2D eigenvalue weighted by Gasteiger charge is 2.18. The topological polar surface area (TPSA) is 45.2 Å². The molecule has 0 aliphatic heterocycles. The minimum Gasteiger partial charge on any atom is -0.307 e. The number of nitrogens with zero attached hydrogens (tertiary/aromatic N) is 2. The Labute approximate surface area is 166 Å². The summed E-state index contributed by atoms with van der Waals surface area (Å²) in [6.07, 6.45) is 0.979. The van der Waals surface area contributed by atoms with E-state index in [1.807, 2.05) is 60.8 Å². The van der Waals surface area contributed by atoms with Gasteiger partial charge in [0.1, 0.15) is 0 Å². The van der Waals surface area contributed by atoms with Gasteiger partial charge in [-0.05, 0) is 43.2 Å². The van der Waals surface area contributed by atoms with Crippen LogP contribution < -0.4 is 10.2 Å². The Morgan fingerprint density at radius 1 is 1.12 bits per heavy atom. The molecule has 0 aliphatic carbocycles. The number of carbonyl (C=O) groups is 1. The molecule has 3 aromatic rings. The van der Waals surface area contributed by atoms with E-state index in [1.165, 1.54) is 16.9 Å². The molecule has 0 spiro atoms. The summed E-state index contributed by atoms with van der Waals surface area (Å²) in [5.74, 6) is 0. The van der Waals surface area contributed by atoms with Crippen LogP contribution in [0, 0.1) is 0 Å². The van der Waals surface area contributed by atoms with E-state index in [1.54, 1.807) is 4.90 Å². The molecule has 0 bridgehead atoms. The fraction of sp³-hybridized carbons (Fsp3) is 0.200. The van der Waals surface area contributed by atoms with Crippen LogP contribution in [0.1, 0.15) is 19.4 Å². The van der Waals surface area contributed by atoms with Gasteiger partial charge in [0.2, 0.25) is 0 Å². The molecule has 0 atom stereocenters. The van der Waals surface area contributed by atoms with Crippen molar-refractivity contribution in [3.05, 3.63) is 63.9 Å². The zero-order valence-electron chi connectivity index (χ0n) is 14.7. The zero-order valence-corrected chi connectivity index (χ0v) is 17.1. The smallest absolute Gasteiger partial charge is 0.307 e. The van der Waals surface area contributed by atoms with Gasteiger partial charge in [-0.2, -0.15) is 0 Å². The van der Waals surface area contributed by atoms with Crippen LogP contribution >= 0.6 is 27.3 Å². The van der Waals surface area contributed by atoms with Crippen molar-refractivity contribution in [2.45, 2.75) is 20.3 Å². The molecule has 26 heavy (non-hydrogen) atoms. The second kappa shape index (κ2) is 8.47. The molecule has 4 nitrogen and oxygen atoms in total. The molecule has 0 fully saturated rings. The Hall–Kier alpha value is -2.18. The largest absolute Gasteiger partial charge is 0.328 e. The highest BCUT2D eigenvalue weighted by atomic mass is 79.9. The monoisotopic (exact) mass is 429 g/mol. The Morgan fingerprint density at radius 3 is 2.42 bits per heavy atom. The van der Waals surface area contributed by atoms with E-state index >= 15 is 0 Å². The second-order valence-corrected chi connectivity index (χ2v) is 7.50. The molecule has 2 amide bonds. The molecular formula is C20H20BrN3OS. The number of aromatic nitrogens is 1. The molecule has 1 N–H and O–H groups in total. The third-order valence-corrected chi connectivity index (χ3v) is 5.43. The lowest BCUT2D eigenvalue weighted by Gasteiger charge is -2.18. The van der Waals surface area contributed by atoms with E-state index in [4.69, 9.17) is 0 Å². The minimum absolute atomic E-state index is 0.173. The van der Waals surface area contributed by atoms with Crippen LogP contribution in [0.3, 0.4) is 0 Å². The Balaban J connectivity index is 1.75. The van der Waals surface area contributed by atoms with E-state index in [0.29, 0.717) is 11.7 Å². The van der Waals surface area contributed by atoms with Crippen LogP contribution in [0.15, 0.2) is 58.4 Å². The molecule has 134 valence electrons. The maximum Gasteiger partial charge on any atom is 0.328 e. The molecule has 0 saturated heterocycles. The lowest BCUT2D eigenvalue weighted by atomic mass is 10.1. The van der Waals surface area contributed by atoms with Crippen molar-refractivity contribution in [1.29, 1.82) is 0 Å². The SMILES string of the molecule is CCc1ccc(NC(=O)N(CC)c2nc(-c3ccc(Br)cc3)cs2)cc1. The number of amides is 2. The fourth-order valence-electron chi connectivity index (χ4n) is 2.52. The van der Waals surface area contributed by atoms with Crippen molar-refractivity contribution in [1.82, 2.24) is 4.98 Å². The van der Waals surface area contributed by atoms with Gasteiger partial charge in [0.15, 0.2) is 5.13 Å². The number of halogens is 1. The molecule has 3 rings (SSSR count). The third kappa shape index (κ3) is 4.31. The first-order chi connectivity index (χ1) is 12.6. The van der Waals surface area contributed by atoms with Crippen molar-refractivity contribution >= 4 is 44.1 Å². The number of carbonyl (C=O) groups excluding carboxylic acids is 1. The molecule has 1 aromatic heterocycles. The van der Waals surface area contributed by atoms with Crippen LogP contribution in [-0.4, -0.2) is 17.6 Å². The first kappa shape index (κ1) is 18.6. The van der Waals surface area contributed by atoms with E-state index in [-0.39, 0.29) is 6.03 Å². The molecule has 1 heterocycles. The number of aryl methyl sites for hydroxylation is 1. The number of nitrogens with one attached hydrogen (secondary N) is 1. The number of benzene rings is 2. The van der Waals surface area contributed by atoms with E-state index in [2.05, 4.69) is 33.2 Å². The summed E-state index contributed by atoms with van der Waals surface area (Å²) in [5.41, 5.74) is 3.93. The number of thiazole rings is 1. The van der Waals surface area contributed by atoms with Gasteiger partial charge in [-0.15, -0.1) is 11.3 Å². The number of urea groups is 1. The number of rotatable bonds is 5. The number of hydrogen-bond acceptors (Lipinski definition) is 3. The van der Waals surface area contributed by atoms with Gasteiger partial charge in [-0.3, -0.25) is 4.90 Å². The van der Waals surface area contributed by atoms with Crippen LogP contribution in [0.5, 0.6) is 0 Å². The summed E-state index contributed by atoms with van der Waals surface area (Å²) in [7, 11) is 0. The van der Waals surface area contributed by atoms with Crippen molar-refractivity contribution in [3.63, 3.8) is 0 Å². The van der Waals surface area contributed by atoms with Crippen molar-refractivity contribution in [2.24, 2.45) is 0 Å². The van der Waals surface area contributed by atoms with E-state index < -0.39 is 0 Å². The first-order valence-corrected chi connectivity index (χ1v) is 10.2. The van der Waals surface area contributed by atoms with Gasteiger partial charge < -0.3 is 5.32 Å². The van der Waals surface area contributed by atoms with Gasteiger partial charge >= 0.3 is 6.03 Å². The average molecular weight is 430 g/mol. The Kier molecular flexibility index (Phi) is 6.06. The van der Waals surface area contributed by atoms with E-state index in [0.717, 1.165) is 27.8 Å². The predicted octanol–water partition coefficient (Wildman–Crippen LogP) is 6.19. The normalized spacial score (nSPS) is 10.6. The number of anilines is 2. The molecule has 0 saturated carbocycles. The molecule has 6 heteroatoms. The van der Waals surface area contributed by atoms with Crippen molar-refractivity contribution in [3.8, 4) is 11.3 Å². The maximum absolute atomic E-state index is 12.7. The highest BCUT2D eigenvalue weighted by Crippen LogP contribution is 2.28. The predicted molar refractivity (Wildman–Crippen MR) is 113 cm³/mol. The average Bonchev–Trinajstić information content (AvgIpc) is 3.13. The lowest BCUT2D eigenvalue weighted by Crippen LogP contribution is -2.34. The number of hydrogen-bond donors (Lipinski definition) is 1. The van der Waals surface area contributed by atoms with Gasteiger partial charge in [-0.1, -0.05) is 47.1 Å². The molecule has 2 aromatic carbocycles. The summed E-state index contributed by atoms with van der Waals surface area (Å²) < 4.78 is 1.03. The summed E-state index contributed by atoms with van der Waals surface area (Å²) >= 11 is 4.91. The van der Waals surface area contributed by atoms with Gasteiger partial charge in [0.25, 0.3) is 0 Å². The lowest BCUT2D eigenvalue weighted by molar-refractivity contribution is 0.257. The molecule has 0 radical (unpaired) electrons. The van der Waals surface area contributed by atoms with Crippen LogP contribution in [0.2, 0.25) is 0 Å². The molecule has 0 aliphatic rings. The summed E-state index contributed by atoms with van der Waals surface area (Å²) in [5, 5.41) is 5.61. The van der Waals surface area contributed by atoms with Crippen molar-refractivity contribution in [2.75, 3.05) is 16.8 Å². The van der Waals surface area contributed by atoms with Gasteiger partial charge in [0.05, 0.1) is 5.69 Å². The fourth-order valence-corrected chi connectivity index (χ4v) is 3.68. The zero-order chi connectivity index (χ0) is 18.5. The molecular weight excluding hydrogens is 410 g/mol. The summed E-state index contributed by atoms with van der Waals surface area (Å²) in [6, 6.07) is 15.7. The first-order valence-electron chi connectivity index (χ1n) is 8.49. The van der Waals surface area contributed by atoms with Gasteiger partial charge in [0, 0.05) is 27.6 Å². The molecule has 0 unspecified atom stereocenters. The quantitative estimate of drug-likeness (QED) is 0.524. The van der Waals surface area contributed by atoms with Crippen molar-refractivity contribution < 1.29 is 4.79 Å². The highest BCUT2D eigenvalue weighted by molar-refractivity contribution is 9.10. The maximum atomic E-state index is 12.7. The van der Waals surface area contributed by atoms with Crippen LogP contribution in [-0.2, 0) is 6.42 Å². The van der Waals surface area contributed by atoms with Crippen LogP contribution in [0.4, 0.5) is 15.6 Å². The minimum atomic E-state index is -0.173. The third-order valence-electron chi connectivity index (χ3n) is 4.04. The van der Waals surface area contributed by atoms with E-state index in [9.17, 15) is 4.79 Å². The second-order valence-electron chi connectivity index (χ2n) is 5.75. The Bertz CT molecular complexity index is 875. The standard InChI is InChI=1S/C20H20BrN3OS/c1-3-14-5-11-17(12-6-14)22-19(25)24(4-2)20-23-18(13-26-20)15-7-9-16(21)10-8-15/h5-13H,3-4H2,1-2H3,(H,22,25).